The highest BCUT2D eigenvalue weighted by atomic mass is 35.5. The molecule has 26 heavy (non-hydrogen) atoms. The summed E-state index contributed by atoms with van der Waals surface area (Å²) in [6.45, 7) is 1.16. The van der Waals surface area contributed by atoms with Crippen LogP contribution in [0.5, 0.6) is 0 Å². The third-order valence-electron chi connectivity index (χ3n) is 4.62. The lowest BCUT2D eigenvalue weighted by molar-refractivity contribution is -0.111. The Kier molecular flexibility index (Phi) is 5.88. The average Bonchev–Trinajstić information content (AvgIpc) is 2.65. The summed E-state index contributed by atoms with van der Waals surface area (Å²) in [7, 11) is 0. The highest BCUT2D eigenvalue weighted by Gasteiger charge is 2.42. The van der Waals surface area contributed by atoms with E-state index in [0.29, 0.717) is 30.1 Å². The number of halogens is 1. The van der Waals surface area contributed by atoms with Gasteiger partial charge in [0.25, 0.3) is 5.91 Å². The molecule has 1 fully saturated rings. The molecule has 3 rings (SSSR count). The second-order valence-corrected chi connectivity index (χ2v) is 7.04. The van der Waals surface area contributed by atoms with Crippen LogP contribution in [0.15, 0.2) is 48.8 Å². The van der Waals surface area contributed by atoms with Crippen LogP contribution in [0.1, 0.15) is 22.3 Å². The number of nitrogens with zero attached hydrogens (tertiary/aromatic N) is 2. The van der Waals surface area contributed by atoms with Gasteiger partial charge in [-0.25, -0.2) is 0 Å². The third-order valence-corrected chi connectivity index (χ3v) is 4.87. The number of hydrogen-bond acceptors (Lipinski definition) is 5. The number of amides is 1. The zero-order valence-corrected chi connectivity index (χ0v) is 15.1. The molecule has 0 bridgehead atoms. The molecule has 0 spiro atoms. The number of likely N-dealkylation sites (tertiary alicyclic amines) is 1. The van der Waals surface area contributed by atoms with Crippen LogP contribution in [0.3, 0.4) is 0 Å². The molecule has 138 valence electrons. The molecule has 1 aromatic heterocycles. The Morgan fingerprint density at radius 1 is 1.35 bits per heavy atom. The number of aliphatic hydroxyl groups excluding tert-OH is 1. The van der Waals surface area contributed by atoms with Gasteiger partial charge in [0.2, 0.25) is 0 Å². The second kappa shape index (κ2) is 8.14. The standard InChI is InChI=1S/C19H22ClN3O3/c20-16-5-3-15(4-6-16)18(25)23-9-7-17(24)19(26,13-23)12-22-11-14-2-1-8-21-10-14/h1-6,8,10,17,22,24,26H,7,9,11-13H2/t17-,19+/m0/s1. The van der Waals surface area contributed by atoms with E-state index in [9.17, 15) is 15.0 Å². The first kappa shape index (κ1) is 18.8. The van der Waals surface area contributed by atoms with Crippen LogP contribution in [0.2, 0.25) is 5.02 Å². The van der Waals surface area contributed by atoms with Gasteiger partial charge in [0.05, 0.1) is 12.6 Å². The van der Waals surface area contributed by atoms with Crippen molar-refractivity contribution in [2.24, 2.45) is 0 Å². The van der Waals surface area contributed by atoms with Gasteiger partial charge in [-0.2, -0.15) is 0 Å². The van der Waals surface area contributed by atoms with Gasteiger partial charge in [0, 0.05) is 42.6 Å². The molecular weight excluding hydrogens is 354 g/mol. The monoisotopic (exact) mass is 375 g/mol. The van der Waals surface area contributed by atoms with Gasteiger partial charge < -0.3 is 20.4 Å². The van der Waals surface area contributed by atoms with E-state index in [4.69, 9.17) is 11.6 Å². The van der Waals surface area contributed by atoms with E-state index >= 15 is 0 Å². The molecule has 2 atom stereocenters. The van der Waals surface area contributed by atoms with Crippen LogP contribution >= 0.6 is 11.6 Å². The summed E-state index contributed by atoms with van der Waals surface area (Å²) < 4.78 is 0. The molecule has 0 saturated carbocycles. The number of aromatic nitrogens is 1. The molecule has 0 aliphatic carbocycles. The smallest absolute Gasteiger partial charge is 0.253 e. The Balaban J connectivity index is 1.62. The lowest BCUT2D eigenvalue weighted by Crippen LogP contribution is -2.62. The predicted molar refractivity (Wildman–Crippen MR) is 98.9 cm³/mol. The quantitative estimate of drug-likeness (QED) is 0.736. The predicted octanol–water partition coefficient (Wildman–Crippen LogP) is 1.46. The minimum Gasteiger partial charge on any atom is -0.390 e. The normalized spacial score (nSPS) is 23.0. The van der Waals surface area contributed by atoms with Crippen molar-refractivity contribution in [3.05, 3.63) is 64.9 Å². The number of aliphatic hydroxyl groups is 2. The molecule has 1 saturated heterocycles. The number of carbonyl (C=O) groups excluding carboxylic acids is 1. The summed E-state index contributed by atoms with van der Waals surface area (Å²) in [5.41, 5.74) is 0.0923. The molecule has 1 aliphatic rings. The van der Waals surface area contributed by atoms with Gasteiger partial charge in [-0.05, 0) is 42.3 Å². The molecule has 1 aliphatic heterocycles. The number of nitrogens with one attached hydrogen (secondary N) is 1. The molecule has 3 N–H and O–H groups in total. The van der Waals surface area contributed by atoms with Gasteiger partial charge in [-0.1, -0.05) is 17.7 Å². The average molecular weight is 376 g/mol. The Hall–Kier alpha value is -1.99. The number of rotatable bonds is 5. The van der Waals surface area contributed by atoms with Crippen LogP contribution < -0.4 is 5.32 Å². The maximum Gasteiger partial charge on any atom is 0.253 e. The van der Waals surface area contributed by atoms with Gasteiger partial charge >= 0.3 is 0 Å². The molecule has 2 heterocycles. The molecule has 2 aromatic rings. The molecule has 7 heteroatoms. The van der Waals surface area contributed by atoms with E-state index in [2.05, 4.69) is 10.3 Å². The van der Waals surface area contributed by atoms with E-state index in [0.717, 1.165) is 5.56 Å². The number of β-amino-alcohol motifs (C(OH)–C–C–N with tert-alkyl or cyclic N) is 1. The molecule has 1 aromatic carbocycles. The van der Waals surface area contributed by atoms with Gasteiger partial charge in [-0.3, -0.25) is 9.78 Å². The van der Waals surface area contributed by atoms with E-state index < -0.39 is 11.7 Å². The zero-order valence-electron chi connectivity index (χ0n) is 14.3. The number of hydrogen-bond donors (Lipinski definition) is 3. The molecule has 0 radical (unpaired) electrons. The van der Waals surface area contributed by atoms with Crippen LogP contribution in [0.25, 0.3) is 0 Å². The number of carbonyl (C=O) groups is 1. The van der Waals surface area contributed by atoms with Crippen molar-refractivity contribution in [3.8, 4) is 0 Å². The van der Waals surface area contributed by atoms with Crippen molar-refractivity contribution in [1.29, 1.82) is 0 Å². The summed E-state index contributed by atoms with van der Waals surface area (Å²) in [5.74, 6) is -0.181. The molecule has 6 nitrogen and oxygen atoms in total. The van der Waals surface area contributed by atoms with Crippen LogP contribution in [-0.2, 0) is 6.54 Å². The summed E-state index contributed by atoms with van der Waals surface area (Å²) in [5, 5.41) is 24.9. The van der Waals surface area contributed by atoms with E-state index in [1.165, 1.54) is 0 Å². The first-order valence-corrected chi connectivity index (χ1v) is 8.91. The van der Waals surface area contributed by atoms with Crippen molar-refractivity contribution < 1.29 is 15.0 Å². The topological polar surface area (TPSA) is 85.7 Å². The maximum absolute atomic E-state index is 12.7. The summed E-state index contributed by atoms with van der Waals surface area (Å²) >= 11 is 5.86. The van der Waals surface area contributed by atoms with Gasteiger partial charge in [0.1, 0.15) is 5.60 Å². The van der Waals surface area contributed by atoms with Crippen molar-refractivity contribution in [2.45, 2.75) is 24.7 Å². The third kappa shape index (κ3) is 4.40. The van der Waals surface area contributed by atoms with E-state index in [-0.39, 0.29) is 19.0 Å². The Labute approximate surface area is 157 Å². The van der Waals surface area contributed by atoms with Crippen LogP contribution in [-0.4, -0.2) is 57.3 Å². The highest BCUT2D eigenvalue weighted by Crippen LogP contribution is 2.23. The maximum atomic E-state index is 12.7. The fourth-order valence-electron chi connectivity index (χ4n) is 3.11. The fraction of sp³-hybridized carbons (Fsp3) is 0.368. The minimum atomic E-state index is -1.40. The minimum absolute atomic E-state index is 0.0651. The summed E-state index contributed by atoms with van der Waals surface area (Å²) in [4.78, 5) is 18.3. The lowest BCUT2D eigenvalue weighted by Gasteiger charge is -2.42. The van der Waals surface area contributed by atoms with Gasteiger partial charge in [-0.15, -0.1) is 0 Å². The second-order valence-electron chi connectivity index (χ2n) is 6.61. The van der Waals surface area contributed by atoms with Crippen molar-refractivity contribution in [2.75, 3.05) is 19.6 Å². The number of piperidine rings is 1. The van der Waals surface area contributed by atoms with Crippen molar-refractivity contribution in [1.82, 2.24) is 15.2 Å². The van der Waals surface area contributed by atoms with Crippen LogP contribution in [0.4, 0.5) is 0 Å². The van der Waals surface area contributed by atoms with Crippen molar-refractivity contribution in [3.63, 3.8) is 0 Å². The Morgan fingerprint density at radius 2 is 2.12 bits per heavy atom. The number of pyridine rings is 1. The highest BCUT2D eigenvalue weighted by molar-refractivity contribution is 6.30. The lowest BCUT2D eigenvalue weighted by atomic mass is 9.89. The largest absolute Gasteiger partial charge is 0.390 e. The van der Waals surface area contributed by atoms with E-state index in [1.807, 2.05) is 12.1 Å². The van der Waals surface area contributed by atoms with Gasteiger partial charge in [0.15, 0.2) is 0 Å². The molecule has 1 amide bonds. The first-order valence-electron chi connectivity index (χ1n) is 8.53. The summed E-state index contributed by atoms with van der Waals surface area (Å²) in [6, 6.07) is 10.4. The summed E-state index contributed by atoms with van der Waals surface area (Å²) in [6.07, 6.45) is 2.87. The SMILES string of the molecule is O=C(c1ccc(Cl)cc1)N1CC[C@H](O)[C@@](O)(CNCc2cccnc2)C1. The Bertz CT molecular complexity index is 741. The Morgan fingerprint density at radius 3 is 2.81 bits per heavy atom. The first-order chi connectivity index (χ1) is 12.5. The van der Waals surface area contributed by atoms with Crippen LogP contribution in [0, 0.1) is 0 Å². The fourth-order valence-corrected chi connectivity index (χ4v) is 3.24. The molecular formula is C19H22ClN3O3. The number of benzene rings is 1. The van der Waals surface area contributed by atoms with E-state index in [1.54, 1.807) is 41.6 Å². The zero-order chi connectivity index (χ0) is 18.6. The van der Waals surface area contributed by atoms with Crippen molar-refractivity contribution >= 4 is 17.5 Å². The molecule has 0 unspecified atom stereocenters.